The van der Waals surface area contributed by atoms with Crippen molar-refractivity contribution in [2.24, 2.45) is 10.8 Å². The highest BCUT2D eigenvalue weighted by Gasteiger charge is 2.40. The Kier molecular flexibility index (Phi) is 4.55. The van der Waals surface area contributed by atoms with E-state index in [1.807, 2.05) is 0 Å². The van der Waals surface area contributed by atoms with Gasteiger partial charge in [0.05, 0.1) is 0 Å². The molecule has 0 aliphatic heterocycles. The lowest BCUT2D eigenvalue weighted by atomic mass is 9.58. The van der Waals surface area contributed by atoms with Crippen LogP contribution in [-0.4, -0.2) is 0 Å². The molecule has 2 saturated carbocycles. The highest BCUT2D eigenvalue weighted by Crippen LogP contribution is 2.53. The lowest BCUT2D eigenvalue weighted by Crippen LogP contribution is -2.34. The minimum Gasteiger partial charge on any atom is -0.0649 e. The molecule has 0 radical (unpaired) electrons. The van der Waals surface area contributed by atoms with E-state index in [1.165, 1.54) is 77.0 Å². The molecule has 0 amide bonds. The molecular formula is C17H32. The molecule has 0 bridgehead atoms. The van der Waals surface area contributed by atoms with Crippen molar-refractivity contribution in [3.8, 4) is 0 Å². The molecule has 0 heteroatoms. The first-order chi connectivity index (χ1) is 8.24. The van der Waals surface area contributed by atoms with Gasteiger partial charge in [0.15, 0.2) is 0 Å². The topological polar surface area (TPSA) is 0 Å². The molecule has 0 N–H and O–H groups in total. The zero-order chi connectivity index (χ0) is 12.2. The summed E-state index contributed by atoms with van der Waals surface area (Å²) in [7, 11) is 0. The summed E-state index contributed by atoms with van der Waals surface area (Å²) in [6, 6.07) is 0. The summed E-state index contributed by atoms with van der Waals surface area (Å²) in [5, 5.41) is 0. The van der Waals surface area contributed by atoms with E-state index >= 15 is 0 Å². The van der Waals surface area contributed by atoms with Crippen molar-refractivity contribution in [3.63, 3.8) is 0 Å². The number of hydrogen-bond donors (Lipinski definition) is 0. The fraction of sp³-hybridized carbons (Fsp3) is 1.00. The molecule has 2 aliphatic rings. The van der Waals surface area contributed by atoms with Gasteiger partial charge in [0.1, 0.15) is 0 Å². The van der Waals surface area contributed by atoms with Crippen molar-refractivity contribution in [1.29, 1.82) is 0 Å². The van der Waals surface area contributed by atoms with Gasteiger partial charge in [-0.05, 0) is 42.9 Å². The Hall–Kier alpha value is 0. The summed E-state index contributed by atoms with van der Waals surface area (Å²) >= 11 is 0. The molecule has 0 saturated heterocycles. The summed E-state index contributed by atoms with van der Waals surface area (Å²) in [5.41, 5.74) is 1.48. The van der Waals surface area contributed by atoms with Crippen molar-refractivity contribution in [2.75, 3.05) is 0 Å². The van der Waals surface area contributed by atoms with E-state index in [0.29, 0.717) is 0 Å². The second-order valence-corrected chi connectivity index (χ2v) is 7.01. The Labute approximate surface area is 109 Å². The van der Waals surface area contributed by atoms with Crippen LogP contribution >= 0.6 is 0 Å². The van der Waals surface area contributed by atoms with Gasteiger partial charge in [-0.25, -0.2) is 0 Å². The van der Waals surface area contributed by atoms with Gasteiger partial charge in [-0.3, -0.25) is 0 Å². The van der Waals surface area contributed by atoms with E-state index in [0.717, 1.165) is 10.8 Å². The van der Waals surface area contributed by atoms with Gasteiger partial charge in [-0.15, -0.1) is 0 Å². The van der Waals surface area contributed by atoms with Crippen LogP contribution in [0, 0.1) is 10.8 Å². The molecule has 0 unspecified atom stereocenters. The second kappa shape index (κ2) is 5.76. The van der Waals surface area contributed by atoms with E-state index in [1.54, 1.807) is 6.42 Å². The molecular weight excluding hydrogens is 204 g/mol. The first-order valence-corrected chi connectivity index (χ1v) is 8.24. The van der Waals surface area contributed by atoms with Crippen LogP contribution in [0.5, 0.6) is 0 Å². The molecule has 0 atom stereocenters. The van der Waals surface area contributed by atoms with Crippen LogP contribution in [0.15, 0.2) is 0 Å². The normalized spacial score (nSPS) is 27.9. The van der Waals surface area contributed by atoms with E-state index in [2.05, 4.69) is 13.8 Å². The maximum atomic E-state index is 2.46. The molecule has 2 aliphatic carbocycles. The van der Waals surface area contributed by atoms with Crippen molar-refractivity contribution < 1.29 is 0 Å². The van der Waals surface area contributed by atoms with E-state index in [9.17, 15) is 0 Å². The zero-order valence-corrected chi connectivity index (χ0v) is 12.2. The van der Waals surface area contributed by atoms with Gasteiger partial charge >= 0.3 is 0 Å². The minimum absolute atomic E-state index is 0.742. The SMILES string of the molecule is CCC1(CC2(CC)CCCCC2)CCCCC1. The fourth-order valence-electron chi connectivity index (χ4n) is 4.71. The molecule has 0 heterocycles. The van der Waals surface area contributed by atoms with Crippen LogP contribution in [0.4, 0.5) is 0 Å². The van der Waals surface area contributed by atoms with Gasteiger partial charge in [0, 0.05) is 0 Å². The second-order valence-electron chi connectivity index (χ2n) is 7.01. The first kappa shape index (κ1) is 13.4. The highest BCUT2D eigenvalue weighted by atomic mass is 14.4. The van der Waals surface area contributed by atoms with Gasteiger partial charge < -0.3 is 0 Å². The zero-order valence-electron chi connectivity index (χ0n) is 12.2. The third kappa shape index (κ3) is 3.06. The maximum absolute atomic E-state index is 2.46. The maximum Gasteiger partial charge on any atom is -0.0295 e. The average molecular weight is 236 g/mol. The Morgan fingerprint density at radius 3 is 1.24 bits per heavy atom. The summed E-state index contributed by atoms with van der Waals surface area (Å²) in [4.78, 5) is 0. The molecule has 0 aromatic rings. The molecule has 100 valence electrons. The van der Waals surface area contributed by atoms with Crippen molar-refractivity contribution >= 4 is 0 Å². The Morgan fingerprint density at radius 1 is 0.588 bits per heavy atom. The standard InChI is InChI=1S/C17H32/c1-3-16(11-7-5-8-12-16)15-17(4-2)13-9-6-10-14-17/h3-15H2,1-2H3. The molecule has 0 aromatic heterocycles. The van der Waals surface area contributed by atoms with Crippen LogP contribution in [0.25, 0.3) is 0 Å². The van der Waals surface area contributed by atoms with E-state index in [-0.39, 0.29) is 0 Å². The van der Waals surface area contributed by atoms with Gasteiger partial charge in [-0.2, -0.15) is 0 Å². The van der Waals surface area contributed by atoms with Gasteiger partial charge in [0.2, 0.25) is 0 Å². The average Bonchev–Trinajstić information content (AvgIpc) is 2.41. The lowest BCUT2D eigenvalue weighted by Gasteiger charge is -2.47. The van der Waals surface area contributed by atoms with Crippen molar-refractivity contribution in [2.45, 2.75) is 97.3 Å². The summed E-state index contributed by atoms with van der Waals surface area (Å²) in [6.45, 7) is 4.91. The molecule has 0 spiro atoms. The van der Waals surface area contributed by atoms with Crippen LogP contribution in [0.2, 0.25) is 0 Å². The van der Waals surface area contributed by atoms with Crippen LogP contribution in [0.1, 0.15) is 97.3 Å². The Balaban J connectivity index is 2.04. The summed E-state index contributed by atoms with van der Waals surface area (Å²) in [5.74, 6) is 0. The van der Waals surface area contributed by atoms with Crippen molar-refractivity contribution in [3.05, 3.63) is 0 Å². The summed E-state index contributed by atoms with van der Waals surface area (Å²) < 4.78 is 0. The molecule has 17 heavy (non-hydrogen) atoms. The van der Waals surface area contributed by atoms with Gasteiger partial charge in [-0.1, -0.05) is 65.2 Å². The monoisotopic (exact) mass is 236 g/mol. The van der Waals surface area contributed by atoms with E-state index in [4.69, 9.17) is 0 Å². The van der Waals surface area contributed by atoms with Crippen LogP contribution in [-0.2, 0) is 0 Å². The Bertz CT molecular complexity index is 192. The predicted molar refractivity (Wildman–Crippen MR) is 76.2 cm³/mol. The number of hydrogen-bond acceptors (Lipinski definition) is 0. The van der Waals surface area contributed by atoms with Gasteiger partial charge in [0.25, 0.3) is 0 Å². The first-order valence-electron chi connectivity index (χ1n) is 8.24. The smallest absolute Gasteiger partial charge is 0.0295 e. The molecule has 2 rings (SSSR count). The molecule has 2 fully saturated rings. The minimum atomic E-state index is 0.742. The van der Waals surface area contributed by atoms with Crippen LogP contribution < -0.4 is 0 Å². The third-order valence-electron chi connectivity index (χ3n) is 6.08. The highest BCUT2D eigenvalue weighted by molar-refractivity contribution is 4.91. The lowest BCUT2D eigenvalue weighted by molar-refractivity contribution is 0.0488. The fourth-order valence-corrected chi connectivity index (χ4v) is 4.71. The van der Waals surface area contributed by atoms with Crippen molar-refractivity contribution in [1.82, 2.24) is 0 Å². The molecule has 0 aromatic carbocycles. The van der Waals surface area contributed by atoms with Crippen LogP contribution in [0.3, 0.4) is 0 Å². The third-order valence-corrected chi connectivity index (χ3v) is 6.08. The molecule has 0 nitrogen and oxygen atoms in total. The number of rotatable bonds is 4. The summed E-state index contributed by atoms with van der Waals surface area (Å²) in [6.07, 6.45) is 19.6. The Morgan fingerprint density at radius 2 is 0.941 bits per heavy atom. The predicted octanol–water partition coefficient (Wildman–Crippen LogP) is 6.10. The largest absolute Gasteiger partial charge is 0.0649 e. The quantitative estimate of drug-likeness (QED) is 0.553. The van der Waals surface area contributed by atoms with E-state index < -0.39 is 0 Å².